The van der Waals surface area contributed by atoms with Gasteiger partial charge in [0.25, 0.3) is 0 Å². The number of aryl methyl sites for hydroxylation is 1. The van der Waals surface area contributed by atoms with Crippen LogP contribution < -0.4 is 4.74 Å². The van der Waals surface area contributed by atoms with E-state index >= 15 is 0 Å². The van der Waals surface area contributed by atoms with Crippen LogP contribution in [0.3, 0.4) is 0 Å². The number of likely N-dealkylation sites (tertiary alicyclic amines) is 1. The third-order valence-electron chi connectivity index (χ3n) is 7.78. The van der Waals surface area contributed by atoms with Crippen LogP contribution in [0, 0.1) is 6.92 Å². The standard InChI is InChI=1S/C22H32N2O3.C9H21N/c1-3-4-7-23(16-26)8-5-21-14-20(15-24(21)9-10-25)19-12-17(2)22-18(13-19)6-11-27-22;1-4-6-8-10(3)9-7-5-2/h10,12-13,16,20-21H,3-9,11,14-15H2,1-2H3;4-9H2,1-3H3. The summed E-state index contributed by atoms with van der Waals surface area (Å²) in [6, 6.07) is 4.92. The molecule has 0 N–H and O–H groups in total. The SMILES string of the molecule is CCCCN(C)CCCC.CCCCN(C=O)CCC1CC(c2cc(C)c3c(c2)CCO3)CN1CC=O. The van der Waals surface area contributed by atoms with Crippen LogP contribution >= 0.6 is 0 Å². The fraction of sp³-hybridized carbons (Fsp3) is 0.742. The smallest absolute Gasteiger partial charge is 0.209 e. The van der Waals surface area contributed by atoms with E-state index in [9.17, 15) is 9.59 Å². The average molecular weight is 516 g/mol. The lowest BCUT2D eigenvalue weighted by Crippen LogP contribution is -2.35. The van der Waals surface area contributed by atoms with Crippen LogP contribution in [0.15, 0.2) is 12.1 Å². The van der Waals surface area contributed by atoms with Crippen molar-refractivity contribution in [1.82, 2.24) is 14.7 Å². The Balaban J connectivity index is 0.000000410. The number of carbonyl (C=O) groups excluding carboxylic acids is 2. The summed E-state index contributed by atoms with van der Waals surface area (Å²) < 4.78 is 5.74. The Kier molecular flexibility index (Phi) is 14.9. The molecule has 1 aromatic carbocycles. The number of fused-ring (bicyclic) bond motifs is 1. The molecule has 6 nitrogen and oxygen atoms in total. The minimum absolute atomic E-state index is 0.356. The number of ether oxygens (including phenoxy) is 1. The molecular weight excluding hydrogens is 462 g/mol. The second-order valence-electron chi connectivity index (χ2n) is 10.9. The van der Waals surface area contributed by atoms with E-state index in [4.69, 9.17) is 4.74 Å². The topological polar surface area (TPSA) is 53.1 Å². The van der Waals surface area contributed by atoms with Crippen LogP contribution in [0.4, 0.5) is 0 Å². The van der Waals surface area contributed by atoms with Gasteiger partial charge in [0.2, 0.25) is 6.41 Å². The highest BCUT2D eigenvalue weighted by molar-refractivity contribution is 5.52. The number of rotatable bonds is 16. The molecule has 2 aliphatic rings. The Morgan fingerprint density at radius 2 is 1.68 bits per heavy atom. The molecule has 37 heavy (non-hydrogen) atoms. The number of benzene rings is 1. The van der Waals surface area contributed by atoms with Gasteiger partial charge in [0.1, 0.15) is 12.0 Å². The summed E-state index contributed by atoms with van der Waals surface area (Å²) in [6.45, 7) is 15.1. The van der Waals surface area contributed by atoms with E-state index in [1.807, 2.05) is 4.90 Å². The van der Waals surface area contributed by atoms with Crippen molar-refractivity contribution >= 4 is 12.7 Å². The maximum Gasteiger partial charge on any atom is 0.209 e. The third kappa shape index (κ3) is 10.4. The summed E-state index contributed by atoms with van der Waals surface area (Å²) in [4.78, 5) is 29.1. The first kappa shape index (κ1) is 31.3. The van der Waals surface area contributed by atoms with E-state index in [0.29, 0.717) is 18.5 Å². The Morgan fingerprint density at radius 3 is 2.30 bits per heavy atom. The maximum atomic E-state index is 11.3. The molecule has 0 radical (unpaired) electrons. The van der Waals surface area contributed by atoms with Crippen molar-refractivity contribution in [3.63, 3.8) is 0 Å². The van der Waals surface area contributed by atoms with Crippen LogP contribution in [0.5, 0.6) is 5.75 Å². The first-order chi connectivity index (χ1) is 18.0. The second kappa shape index (κ2) is 17.6. The average Bonchev–Trinajstić information content (AvgIpc) is 3.54. The fourth-order valence-corrected chi connectivity index (χ4v) is 5.47. The van der Waals surface area contributed by atoms with Gasteiger partial charge < -0.3 is 19.3 Å². The Hall–Kier alpha value is -1.92. The second-order valence-corrected chi connectivity index (χ2v) is 10.9. The zero-order valence-corrected chi connectivity index (χ0v) is 24.3. The summed E-state index contributed by atoms with van der Waals surface area (Å²) in [5.74, 6) is 1.51. The van der Waals surface area contributed by atoms with Gasteiger partial charge in [0.15, 0.2) is 0 Å². The number of carbonyl (C=O) groups is 2. The lowest BCUT2D eigenvalue weighted by molar-refractivity contribution is -0.118. The number of unbranched alkanes of at least 4 members (excludes halogenated alkanes) is 3. The van der Waals surface area contributed by atoms with E-state index < -0.39 is 0 Å². The molecule has 2 aliphatic heterocycles. The quantitative estimate of drug-likeness (QED) is 0.274. The minimum atomic E-state index is 0.356. The normalized spacial score (nSPS) is 18.8. The molecule has 2 unspecified atom stereocenters. The van der Waals surface area contributed by atoms with Crippen LogP contribution in [0.1, 0.15) is 94.7 Å². The van der Waals surface area contributed by atoms with Crippen molar-refractivity contribution < 1.29 is 14.3 Å². The number of hydrogen-bond acceptors (Lipinski definition) is 5. The lowest BCUT2D eigenvalue weighted by atomic mass is 9.92. The lowest BCUT2D eigenvalue weighted by Gasteiger charge is -2.25. The van der Waals surface area contributed by atoms with Gasteiger partial charge in [-0.2, -0.15) is 0 Å². The van der Waals surface area contributed by atoms with Gasteiger partial charge in [0.05, 0.1) is 13.2 Å². The van der Waals surface area contributed by atoms with Crippen molar-refractivity contribution in [1.29, 1.82) is 0 Å². The van der Waals surface area contributed by atoms with Crippen molar-refractivity contribution in [2.75, 3.05) is 52.9 Å². The highest BCUT2D eigenvalue weighted by Gasteiger charge is 2.33. The summed E-state index contributed by atoms with van der Waals surface area (Å²) in [6.07, 6.45) is 12.4. The van der Waals surface area contributed by atoms with Crippen molar-refractivity contribution in [2.24, 2.45) is 0 Å². The number of aldehydes is 1. The molecule has 1 amide bonds. The molecule has 2 atom stereocenters. The Labute approximate surface area is 226 Å². The number of nitrogens with zero attached hydrogens (tertiary/aromatic N) is 3. The Morgan fingerprint density at radius 1 is 1.00 bits per heavy atom. The van der Waals surface area contributed by atoms with Crippen LogP contribution in [-0.2, 0) is 16.0 Å². The van der Waals surface area contributed by atoms with Gasteiger partial charge in [-0.1, -0.05) is 52.2 Å². The molecule has 210 valence electrons. The highest BCUT2D eigenvalue weighted by Crippen LogP contribution is 2.38. The number of hydrogen-bond donors (Lipinski definition) is 0. The van der Waals surface area contributed by atoms with Gasteiger partial charge in [-0.25, -0.2) is 0 Å². The minimum Gasteiger partial charge on any atom is -0.493 e. The molecule has 1 fully saturated rings. The molecule has 1 saturated heterocycles. The van der Waals surface area contributed by atoms with Gasteiger partial charge in [-0.3, -0.25) is 9.69 Å². The van der Waals surface area contributed by atoms with Crippen molar-refractivity contribution in [3.05, 3.63) is 28.8 Å². The molecule has 0 saturated carbocycles. The van der Waals surface area contributed by atoms with E-state index in [1.54, 1.807) is 0 Å². The van der Waals surface area contributed by atoms with Crippen molar-refractivity contribution in [3.8, 4) is 5.75 Å². The van der Waals surface area contributed by atoms with Gasteiger partial charge in [-0.15, -0.1) is 0 Å². The summed E-state index contributed by atoms with van der Waals surface area (Å²) in [5.41, 5.74) is 3.91. The fourth-order valence-electron chi connectivity index (χ4n) is 5.47. The molecule has 0 aromatic heterocycles. The Bertz CT molecular complexity index is 792. The molecule has 0 spiro atoms. The third-order valence-corrected chi connectivity index (χ3v) is 7.78. The van der Waals surface area contributed by atoms with Gasteiger partial charge >= 0.3 is 0 Å². The largest absolute Gasteiger partial charge is 0.493 e. The first-order valence-electron chi connectivity index (χ1n) is 14.8. The molecule has 0 bridgehead atoms. The zero-order valence-electron chi connectivity index (χ0n) is 24.3. The predicted octanol–water partition coefficient (Wildman–Crippen LogP) is 5.45. The molecule has 1 aromatic rings. The van der Waals surface area contributed by atoms with Crippen LogP contribution in [0.2, 0.25) is 0 Å². The molecule has 2 heterocycles. The van der Waals surface area contributed by atoms with Crippen LogP contribution in [-0.4, -0.2) is 86.4 Å². The zero-order chi connectivity index (χ0) is 27.0. The first-order valence-corrected chi connectivity index (χ1v) is 14.8. The monoisotopic (exact) mass is 515 g/mol. The van der Waals surface area contributed by atoms with Gasteiger partial charge in [-0.05, 0) is 81.8 Å². The maximum absolute atomic E-state index is 11.3. The molecule has 6 heteroatoms. The summed E-state index contributed by atoms with van der Waals surface area (Å²) in [7, 11) is 2.21. The molecular formula is C31H53N3O3. The van der Waals surface area contributed by atoms with Gasteiger partial charge in [0, 0.05) is 32.1 Å². The van der Waals surface area contributed by atoms with E-state index in [-0.39, 0.29) is 0 Å². The number of amides is 1. The summed E-state index contributed by atoms with van der Waals surface area (Å²) in [5, 5.41) is 0. The molecule has 3 rings (SSSR count). The summed E-state index contributed by atoms with van der Waals surface area (Å²) >= 11 is 0. The van der Waals surface area contributed by atoms with E-state index in [1.165, 1.54) is 55.5 Å². The predicted molar refractivity (Wildman–Crippen MR) is 154 cm³/mol. The van der Waals surface area contributed by atoms with E-state index in [2.05, 4.69) is 56.7 Å². The van der Waals surface area contributed by atoms with Crippen molar-refractivity contribution in [2.45, 2.75) is 97.4 Å². The highest BCUT2D eigenvalue weighted by atomic mass is 16.5. The van der Waals surface area contributed by atoms with E-state index in [0.717, 1.165) is 76.8 Å². The van der Waals surface area contributed by atoms with Crippen LogP contribution in [0.25, 0.3) is 0 Å². The molecule has 0 aliphatic carbocycles.